The summed E-state index contributed by atoms with van der Waals surface area (Å²) in [7, 11) is 0. The molecule has 2 aromatic rings. The molecule has 1 unspecified atom stereocenters. The fraction of sp³-hybridized carbons (Fsp3) is 0.231. The van der Waals surface area contributed by atoms with Gasteiger partial charge in [-0.05, 0) is 23.1 Å². The fourth-order valence-corrected chi connectivity index (χ4v) is 2.85. The normalized spacial score (nSPS) is 19.0. The Morgan fingerprint density at radius 2 is 2.33 bits per heavy atom. The summed E-state index contributed by atoms with van der Waals surface area (Å²) >= 11 is 1.74. The summed E-state index contributed by atoms with van der Waals surface area (Å²) in [6.07, 6.45) is 3.67. The van der Waals surface area contributed by atoms with Crippen LogP contribution in [0, 0.1) is 0 Å². The Kier molecular flexibility index (Phi) is 2.98. The van der Waals surface area contributed by atoms with E-state index in [9.17, 15) is 0 Å². The zero-order valence-electron chi connectivity index (χ0n) is 9.86. The molecule has 3 heterocycles. The predicted molar refractivity (Wildman–Crippen MR) is 73.3 cm³/mol. The number of guanidine groups is 1. The molecule has 0 saturated heterocycles. The first kappa shape index (κ1) is 11.2. The van der Waals surface area contributed by atoms with Crippen LogP contribution in [0.3, 0.4) is 0 Å². The smallest absolute Gasteiger partial charge is 0.192 e. The number of aliphatic imine (C=N–C) groups is 1. The number of nitrogens with zero attached hydrogens (tertiary/aromatic N) is 3. The molecule has 0 aliphatic carbocycles. The van der Waals surface area contributed by atoms with Crippen molar-refractivity contribution in [3.63, 3.8) is 0 Å². The van der Waals surface area contributed by atoms with Crippen molar-refractivity contribution in [2.75, 3.05) is 6.54 Å². The van der Waals surface area contributed by atoms with E-state index in [1.807, 2.05) is 12.3 Å². The first-order valence-electron chi connectivity index (χ1n) is 5.83. The molecule has 5 heteroatoms. The van der Waals surface area contributed by atoms with Gasteiger partial charge < -0.3 is 10.6 Å². The average Bonchev–Trinajstić information content (AvgIpc) is 3.03. The third-order valence-electron chi connectivity index (χ3n) is 3.07. The third kappa shape index (κ3) is 2.09. The molecule has 0 radical (unpaired) electrons. The highest BCUT2D eigenvalue weighted by Crippen LogP contribution is 2.27. The van der Waals surface area contributed by atoms with Crippen LogP contribution in [0.25, 0.3) is 0 Å². The van der Waals surface area contributed by atoms with Crippen molar-refractivity contribution in [3.8, 4) is 0 Å². The number of rotatable bonds is 3. The molecule has 3 rings (SSSR count). The Bertz CT molecular complexity index is 535. The van der Waals surface area contributed by atoms with E-state index in [1.165, 1.54) is 10.4 Å². The van der Waals surface area contributed by atoms with Crippen molar-refractivity contribution < 1.29 is 0 Å². The van der Waals surface area contributed by atoms with Crippen LogP contribution in [-0.2, 0) is 6.54 Å². The Morgan fingerprint density at radius 3 is 3.06 bits per heavy atom. The molecule has 18 heavy (non-hydrogen) atoms. The van der Waals surface area contributed by atoms with Gasteiger partial charge in [0, 0.05) is 17.3 Å². The van der Waals surface area contributed by atoms with Gasteiger partial charge in [0.05, 0.1) is 19.1 Å². The first-order valence-corrected chi connectivity index (χ1v) is 6.71. The minimum Gasteiger partial charge on any atom is -0.370 e. The van der Waals surface area contributed by atoms with Gasteiger partial charge in [-0.1, -0.05) is 12.1 Å². The predicted octanol–water partition coefficient (Wildman–Crippen LogP) is 2.01. The second-order valence-electron chi connectivity index (χ2n) is 4.21. The number of thiophene rings is 1. The molecule has 4 nitrogen and oxygen atoms in total. The monoisotopic (exact) mass is 258 g/mol. The highest BCUT2D eigenvalue weighted by molar-refractivity contribution is 7.09. The van der Waals surface area contributed by atoms with E-state index < -0.39 is 0 Å². The summed E-state index contributed by atoms with van der Waals surface area (Å²) in [5, 5.41) is 2.08. The zero-order valence-corrected chi connectivity index (χ0v) is 10.7. The molecule has 0 fully saturated rings. The molecule has 0 bridgehead atoms. The largest absolute Gasteiger partial charge is 0.370 e. The van der Waals surface area contributed by atoms with E-state index >= 15 is 0 Å². The summed E-state index contributed by atoms with van der Waals surface area (Å²) in [6, 6.07) is 8.42. The molecule has 0 aromatic carbocycles. The van der Waals surface area contributed by atoms with Gasteiger partial charge >= 0.3 is 0 Å². The van der Waals surface area contributed by atoms with Crippen molar-refractivity contribution in [2.45, 2.75) is 12.6 Å². The second kappa shape index (κ2) is 4.78. The maximum Gasteiger partial charge on any atom is 0.192 e. The highest BCUT2D eigenvalue weighted by atomic mass is 32.1. The van der Waals surface area contributed by atoms with Crippen LogP contribution in [0.2, 0.25) is 0 Å². The minimum absolute atomic E-state index is 0.209. The summed E-state index contributed by atoms with van der Waals surface area (Å²) in [6.45, 7) is 1.52. The van der Waals surface area contributed by atoms with E-state index in [1.54, 1.807) is 17.5 Å². The van der Waals surface area contributed by atoms with Gasteiger partial charge in [-0.3, -0.25) is 9.98 Å². The van der Waals surface area contributed by atoms with Crippen LogP contribution < -0.4 is 5.73 Å². The van der Waals surface area contributed by atoms with Gasteiger partial charge in [0.2, 0.25) is 0 Å². The molecule has 0 amide bonds. The van der Waals surface area contributed by atoms with Crippen LogP contribution in [-0.4, -0.2) is 22.4 Å². The van der Waals surface area contributed by atoms with E-state index in [2.05, 4.69) is 38.5 Å². The summed E-state index contributed by atoms with van der Waals surface area (Å²) in [5.74, 6) is 0.622. The lowest BCUT2D eigenvalue weighted by molar-refractivity contribution is 0.342. The van der Waals surface area contributed by atoms with Gasteiger partial charge in [0.1, 0.15) is 0 Å². The third-order valence-corrected chi connectivity index (χ3v) is 3.93. The van der Waals surface area contributed by atoms with E-state index in [0.29, 0.717) is 12.5 Å². The SMILES string of the molecule is NC1=NCC(c2cccnc2)N1Cc1cccs1. The van der Waals surface area contributed by atoms with E-state index in [-0.39, 0.29) is 6.04 Å². The number of hydrogen-bond donors (Lipinski definition) is 1. The van der Waals surface area contributed by atoms with E-state index in [4.69, 9.17) is 5.73 Å². The maximum atomic E-state index is 5.98. The molecule has 0 spiro atoms. The maximum absolute atomic E-state index is 5.98. The average molecular weight is 258 g/mol. The Balaban J connectivity index is 1.83. The minimum atomic E-state index is 0.209. The first-order chi connectivity index (χ1) is 8.84. The Morgan fingerprint density at radius 1 is 1.39 bits per heavy atom. The van der Waals surface area contributed by atoms with Gasteiger partial charge in [0.25, 0.3) is 0 Å². The lowest BCUT2D eigenvalue weighted by Crippen LogP contribution is -2.35. The number of hydrogen-bond acceptors (Lipinski definition) is 5. The number of aromatic nitrogens is 1. The molecule has 0 saturated carbocycles. The molecule has 1 aliphatic rings. The fourth-order valence-electron chi connectivity index (χ4n) is 2.15. The van der Waals surface area contributed by atoms with Crippen LogP contribution in [0.4, 0.5) is 0 Å². The highest BCUT2D eigenvalue weighted by Gasteiger charge is 2.27. The van der Waals surface area contributed by atoms with Crippen molar-refractivity contribution in [2.24, 2.45) is 10.7 Å². The van der Waals surface area contributed by atoms with Crippen LogP contribution in [0.1, 0.15) is 16.5 Å². The van der Waals surface area contributed by atoms with Crippen LogP contribution in [0.15, 0.2) is 47.0 Å². The number of nitrogens with two attached hydrogens (primary N) is 1. The molecule has 1 aliphatic heterocycles. The van der Waals surface area contributed by atoms with E-state index in [0.717, 1.165) is 6.54 Å². The summed E-state index contributed by atoms with van der Waals surface area (Å²) < 4.78 is 0. The molecular formula is C13H14N4S. The standard InChI is InChI=1S/C13H14N4S/c14-13-16-8-12(10-3-1-5-15-7-10)17(13)9-11-4-2-6-18-11/h1-7,12H,8-9H2,(H2,14,16). The quantitative estimate of drug-likeness (QED) is 0.916. The lowest BCUT2D eigenvalue weighted by atomic mass is 10.1. The Hall–Kier alpha value is -1.88. The second-order valence-corrected chi connectivity index (χ2v) is 5.24. The summed E-state index contributed by atoms with van der Waals surface area (Å²) in [4.78, 5) is 12.0. The van der Waals surface area contributed by atoms with Crippen molar-refractivity contribution in [1.29, 1.82) is 0 Å². The van der Waals surface area contributed by atoms with Crippen molar-refractivity contribution in [3.05, 3.63) is 52.5 Å². The van der Waals surface area contributed by atoms with Crippen molar-refractivity contribution in [1.82, 2.24) is 9.88 Å². The van der Waals surface area contributed by atoms with Gasteiger partial charge in [-0.2, -0.15) is 0 Å². The molecule has 2 N–H and O–H groups in total. The molecule has 92 valence electrons. The summed E-state index contributed by atoms with van der Waals surface area (Å²) in [5.41, 5.74) is 7.15. The van der Waals surface area contributed by atoms with Crippen molar-refractivity contribution >= 4 is 17.3 Å². The van der Waals surface area contributed by atoms with Crippen LogP contribution >= 0.6 is 11.3 Å². The zero-order chi connectivity index (χ0) is 12.4. The van der Waals surface area contributed by atoms with Gasteiger partial charge in [-0.25, -0.2) is 0 Å². The van der Waals surface area contributed by atoms with Gasteiger partial charge in [0.15, 0.2) is 5.96 Å². The molecule has 1 atom stereocenters. The van der Waals surface area contributed by atoms with Crippen LogP contribution in [0.5, 0.6) is 0 Å². The molecular weight excluding hydrogens is 244 g/mol. The molecule has 2 aromatic heterocycles. The lowest BCUT2D eigenvalue weighted by Gasteiger charge is -2.25. The van der Waals surface area contributed by atoms with Gasteiger partial charge in [-0.15, -0.1) is 11.3 Å². The number of pyridine rings is 1. The topological polar surface area (TPSA) is 54.5 Å². The Labute approximate surface area is 110 Å².